The number of aliphatic hydroxyl groups is 1. The molecule has 8 nitrogen and oxygen atoms in total. The second-order valence-electron chi connectivity index (χ2n) is 3.11. The van der Waals surface area contributed by atoms with Crippen LogP contribution < -0.4 is 11.1 Å². The van der Waals surface area contributed by atoms with E-state index in [9.17, 15) is 14.4 Å². The molecule has 0 aromatic heterocycles. The first kappa shape index (κ1) is 16.4. The number of nitrogens with one attached hydrogen (secondary N) is 1. The average molecular weight is 270 g/mol. The number of phenolic OH excluding ortho intramolecular Hbond substituents is 1. The van der Waals surface area contributed by atoms with E-state index in [2.05, 4.69) is 10.5 Å². The monoisotopic (exact) mass is 270 g/mol. The summed E-state index contributed by atoms with van der Waals surface area (Å²) in [7, 11) is 1.31. The number of aromatic hydroxyl groups is 1. The molecule has 0 aliphatic carbocycles. The van der Waals surface area contributed by atoms with Crippen LogP contribution in [0.2, 0.25) is 0 Å². The van der Waals surface area contributed by atoms with Gasteiger partial charge in [-0.3, -0.25) is 10.1 Å². The molecule has 0 saturated carbocycles. The van der Waals surface area contributed by atoms with Gasteiger partial charge in [0.2, 0.25) is 0 Å². The summed E-state index contributed by atoms with van der Waals surface area (Å²) in [5, 5.41) is 18.5. The van der Waals surface area contributed by atoms with Crippen LogP contribution in [0, 0.1) is 0 Å². The van der Waals surface area contributed by atoms with Gasteiger partial charge in [0.15, 0.2) is 0 Å². The molecule has 0 aliphatic heterocycles. The zero-order chi connectivity index (χ0) is 14.8. The molecule has 0 radical (unpaired) electrons. The highest BCUT2D eigenvalue weighted by molar-refractivity contribution is 5.93. The summed E-state index contributed by atoms with van der Waals surface area (Å²) in [6.07, 6.45) is 0. The van der Waals surface area contributed by atoms with Crippen molar-refractivity contribution in [2.75, 3.05) is 13.7 Å². The summed E-state index contributed by atoms with van der Waals surface area (Å²) in [6, 6.07) is 4.92. The smallest absolute Gasteiger partial charge is 0.337 e. The summed E-state index contributed by atoms with van der Waals surface area (Å²) in [4.78, 5) is 30.5. The van der Waals surface area contributed by atoms with Gasteiger partial charge in [-0.1, -0.05) is 0 Å². The van der Waals surface area contributed by atoms with Gasteiger partial charge in [-0.2, -0.15) is 0 Å². The Balaban J connectivity index is 0.000000362. The van der Waals surface area contributed by atoms with Crippen LogP contribution in [0.4, 0.5) is 4.79 Å². The Kier molecular flexibility index (Phi) is 7.31. The van der Waals surface area contributed by atoms with Gasteiger partial charge in [0.1, 0.15) is 12.4 Å². The SMILES string of the molecule is COC(=O)c1ccc(O)cc1.NC(=O)NC(=O)CO. The molecule has 0 bridgehead atoms. The van der Waals surface area contributed by atoms with Crippen LogP contribution in [0.1, 0.15) is 10.4 Å². The van der Waals surface area contributed by atoms with E-state index in [0.29, 0.717) is 5.56 Å². The van der Waals surface area contributed by atoms with E-state index in [1.165, 1.54) is 31.4 Å². The lowest BCUT2D eigenvalue weighted by atomic mass is 10.2. The predicted octanol–water partition coefficient (Wildman–Crippen LogP) is -0.648. The number of urea groups is 1. The second-order valence-corrected chi connectivity index (χ2v) is 3.11. The number of methoxy groups -OCH3 is 1. The van der Waals surface area contributed by atoms with Crippen molar-refractivity contribution >= 4 is 17.9 Å². The molecule has 0 aliphatic rings. The molecule has 0 atom stereocenters. The van der Waals surface area contributed by atoms with Crippen LogP contribution in [0.25, 0.3) is 0 Å². The number of carbonyl (C=O) groups is 3. The summed E-state index contributed by atoms with van der Waals surface area (Å²) in [5.74, 6) is -1.06. The van der Waals surface area contributed by atoms with Gasteiger partial charge >= 0.3 is 12.0 Å². The zero-order valence-corrected chi connectivity index (χ0v) is 10.1. The largest absolute Gasteiger partial charge is 0.508 e. The van der Waals surface area contributed by atoms with Crippen LogP contribution in [0.15, 0.2) is 24.3 Å². The Hall–Kier alpha value is -2.61. The van der Waals surface area contributed by atoms with Crippen LogP contribution >= 0.6 is 0 Å². The van der Waals surface area contributed by atoms with Crippen LogP contribution in [0.5, 0.6) is 5.75 Å². The first-order valence-corrected chi connectivity index (χ1v) is 4.98. The van der Waals surface area contributed by atoms with Gasteiger partial charge in [-0.25, -0.2) is 9.59 Å². The molecule has 3 amide bonds. The van der Waals surface area contributed by atoms with Crippen molar-refractivity contribution < 1.29 is 29.3 Å². The summed E-state index contributed by atoms with van der Waals surface area (Å²) in [5.41, 5.74) is 4.92. The van der Waals surface area contributed by atoms with Gasteiger partial charge in [0.05, 0.1) is 12.7 Å². The summed E-state index contributed by atoms with van der Waals surface area (Å²) < 4.78 is 4.46. The maximum atomic E-state index is 10.8. The van der Waals surface area contributed by atoms with E-state index in [1.54, 1.807) is 5.32 Å². The minimum Gasteiger partial charge on any atom is -0.508 e. The van der Waals surface area contributed by atoms with Gasteiger partial charge in [-0.15, -0.1) is 0 Å². The lowest BCUT2D eigenvalue weighted by molar-refractivity contribution is -0.122. The number of primary amides is 1. The molecule has 0 unspecified atom stereocenters. The number of phenols is 1. The molecule has 1 rings (SSSR count). The molecule has 1 aromatic carbocycles. The molecule has 104 valence electrons. The molecule has 19 heavy (non-hydrogen) atoms. The van der Waals surface area contributed by atoms with Crippen molar-refractivity contribution in [3.05, 3.63) is 29.8 Å². The molecular weight excluding hydrogens is 256 g/mol. The number of aliphatic hydroxyl groups excluding tert-OH is 1. The third-order valence-corrected chi connectivity index (χ3v) is 1.69. The van der Waals surface area contributed by atoms with E-state index in [4.69, 9.17) is 10.2 Å². The molecule has 0 fully saturated rings. The minimum atomic E-state index is -0.955. The number of nitrogens with two attached hydrogens (primary N) is 1. The Labute approximate surface area is 108 Å². The van der Waals surface area contributed by atoms with E-state index in [0.717, 1.165) is 0 Å². The fourth-order valence-corrected chi connectivity index (χ4v) is 0.892. The molecule has 0 heterocycles. The highest BCUT2D eigenvalue weighted by Gasteiger charge is 2.02. The number of hydrogen-bond donors (Lipinski definition) is 4. The van der Waals surface area contributed by atoms with Gasteiger partial charge in [-0.05, 0) is 24.3 Å². The standard InChI is InChI=1S/C8H8O3.C3H6N2O3/c1-11-8(10)6-2-4-7(9)5-3-6;4-3(8)5-2(7)1-6/h2-5,9H,1H3;6H,1H2,(H3,4,5,7,8). The van der Waals surface area contributed by atoms with E-state index in [-0.39, 0.29) is 5.75 Å². The number of benzene rings is 1. The summed E-state index contributed by atoms with van der Waals surface area (Å²) in [6.45, 7) is -0.719. The van der Waals surface area contributed by atoms with E-state index in [1.807, 2.05) is 0 Å². The highest BCUT2D eigenvalue weighted by Crippen LogP contribution is 2.09. The van der Waals surface area contributed by atoms with Gasteiger partial charge in [0, 0.05) is 0 Å². The number of amides is 3. The molecule has 8 heteroatoms. The van der Waals surface area contributed by atoms with Crippen LogP contribution in [0.3, 0.4) is 0 Å². The molecule has 5 N–H and O–H groups in total. The fraction of sp³-hybridized carbons (Fsp3) is 0.182. The van der Waals surface area contributed by atoms with Crippen LogP contribution in [-0.4, -0.2) is 41.8 Å². The predicted molar refractivity (Wildman–Crippen MR) is 64.3 cm³/mol. The zero-order valence-electron chi connectivity index (χ0n) is 10.1. The highest BCUT2D eigenvalue weighted by atomic mass is 16.5. The number of imide groups is 1. The van der Waals surface area contributed by atoms with Crippen LogP contribution in [-0.2, 0) is 9.53 Å². The maximum Gasteiger partial charge on any atom is 0.337 e. The minimum absolute atomic E-state index is 0.137. The third kappa shape index (κ3) is 7.34. The fourth-order valence-electron chi connectivity index (χ4n) is 0.892. The molecule has 0 saturated heterocycles. The van der Waals surface area contributed by atoms with Crippen molar-refractivity contribution in [3.63, 3.8) is 0 Å². The molecule has 1 aromatic rings. The van der Waals surface area contributed by atoms with Crippen molar-refractivity contribution in [2.24, 2.45) is 5.73 Å². The average Bonchev–Trinajstić information content (AvgIpc) is 2.38. The maximum absolute atomic E-state index is 10.8. The van der Waals surface area contributed by atoms with Gasteiger partial charge in [0.25, 0.3) is 5.91 Å². The number of rotatable bonds is 2. The lowest BCUT2D eigenvalue weighted by Crippen LogP contribution is -2.36. The number of esters is 1. The van der Waals surface area contributed by atoms with Crippen molar-refractivity contribution in [3.8, 4) is 5.75 Å². The quantitative estimate of drug-likeness (QED) is 0.527. The van der Waals surface area contributed by atoms with E-state index >= 15 is 0 Å². The van der Waals surface area contributed by atoms with Gasteiger partial charge < -0.3 is 20.7 Å². The summed E-state index contributed by atoms with van der Waals surface area (Å²) >= 11 is 0. The second kappa shape index (κ2) is 8.48. The first-order valence-electron chi connectivity index (χ1n) is 4.98. The lowest BCUT2D eigenvalue weighted by Gasteiger charge is -1.97. The number of ether oxygens (including phenoxy) is 1. The Morgan fingerprint density at radius 1 is 1.26 bits per heavy atom. The normalized spacial score (nSPS) is 8.74. The Morgan fingerprint density at radius 2 is 1.79 bits per heavy atom. The Morgan fingerprint density at radius 3 is 2.11 bits per heavy atom. The topological polar surface area (TPSA) is 139 Å². The number of hydrogen-bond acceptors (Lipinski definition) is 6. The Bertz CT molecular complexity index is 443. The first-order chi connectivity index (χ1) is 8.90. The molecular formula is C11H14N2O6. The van der Waals surface area contributed by atoms with Crippen molar-refractivity contribution in [1.82, 2.24) is 5.32 Å². The van der Waals surface area contributed by atoms with Crippen molar-refractivity contribution in [2.45, 2.75) is 0 Å². The molecule has 0 spiro atoms. The number of carbonyl (C=O) groups excluding carboxylic acids is 3. The van der Waals surface area contributed by atoms with Crippen molar-refractivity contribution in [1.29, 1.82) is 0 Å². The van der Waals surface area contributed by atoms with E-state index < -0.39 is 24.5 Å². The third-order valence-electron chi connectivity index (χ3n) is 1.69.